The Morgan fingerprint density at radius 2 is 1.76 bits per heavy atom. The Morgan fingerprint density at radius 1 is 1.00 bits per heavy atom. The zero-order chi connectivity index (χ0) is 19.6. The normalized spacial score (nSPS) is 15.2. The van der Waals surface area contributed by atoms with Gasteiger partial charge >= 0.3 is 0 Å². The van der Waals surface area contributed by atoms with E-state index in [4.69, 9.17) is 9.47 Å². The predicted octanol–water partition coefficient (Wildman–Crippen LogP) is 3.60. The second kappa shape index (κ2) is 7.31. The van der Waals surface area contributed by atoms with Gasteiger partial charge in [-0.05, 0) is 48.5 Å². The molecule has 1 aromatic heterocycles. The first-order valence-electron chi connectivity index (χ1n) is 9.47. The van der Waals surface area contributed by atoms with Gasteiger partial charge < -0.3 is 14.8 Å². The van der Waals surface area contributed by atoms with Crippen LogP contribution < -0.4 is 14.8 Å². The maximum atomic E-state index is 12.5. The molecule has 6 heteroatoms. The Kier molecular flexibility index (Phi) is 4.37. The lowest BCUT2D eigenvalue weighted by molar-refractivity contribution is 0.0789. The van der Waals surface area contributed by atoms with Crippen LogP contribution in [0.1, 0.15) is 10.4 Å². The first kappa shape index (κ1) is 17.3. The van der Waals surface area contributed by atoms with Gasteiger partial charge in [-0.25, -0.2) is 4.98 Å². The molecule has 144 valence electrons. The molecule has 4 aromatic rings. The molecule has 1 aliphatic rings. The van der Waals surface area contributed by atoms with E-state index in [0.29, 0.717) is 24.5 Å². The summed E-state index contributed by atoms with van der Waals surface area (Å²) in [5.41, 5.74) is 3.51. The zero-order valence-electron chi connectivity index (χ0n) is 15.6. The van der Waals surface area contributed by atoms with Crippen molar-refractivity contribution in [3.05, 3.63) is 84.7 Å². The number of para-hydroxylation sites is 4. The van der Waals surface area contributed by atoms with Crippen molar-refractivity contribution in [2.75, 3.05) is 13.2 Å². The number of hydrogen-bond acceptors (Lipinski definition) is 4. The average Bonchev–Trinajstić information content (AvgIpc) is 3.21. The summed E-state index contributed by atoms with van der Waals surface area (Å²) in [5, 5.41) is 2.92. The summed E-state index contributed by atoms with van der Waals surface area (Å²) < 4.78 is 13.6. The Labute approximate surface area is 167 Å². The van der Waals surface area contributed by atoms with Crippen LogP contribution in [-0.4, -0.2) is 34.7 Å². The van der Waals surface area contributed by atoms with Crippen LogP contribution in [0.25, 0.3) is 16.7 Å². The molecule has 5 rings (SSSR count). The van der Waals surface area contributed by atoms with Crippen molar-refractivity contribution in [2.24, 2.45) is 0 Å². The molecular weight excluding hydrogens is 366 g/mol. The predicted molar refractivity (Wildman–Crippen MR) is 110 cm³/mol. The molecule has 1 unspecified atom stereocenters. The number of nitrogens with zero attached hydrogens (tertiary/aromatic N) is 2. The standard InChI is InChI=1S/C23H19N3O3/c27-23(24-13-18-14-28-21-7-3-4-8-22(21)29-18)16-9-11-17(12-10-16)26-15-25-19-5-1-2-6-20(19)26/h1-12,15,18H,13-14H2,(H,24,27). The highest BCUT2D eigenvalue weighted by Gasteiger charge is 2.21. The van der Waals surface area contributed by atoms with Gasteiger partial charge in [-0.1, -0.05) is 24.3 Å². The lowest BCUT2D eigenvalue weighted by Crippen LogP contribution is -2.40. The summed E-state index contributed by atoms with van der Waals surface area (Å²) in [5.74, 6) is 1.29. The molecule has 0 aliphatic carbocycles. The number of hydrogen-bond donors (Lipinski definition) is 1. The van der Waals surface area contributed by atoms with E-state index in [1.165, 1.54) is 0 Å². The minimum atomic E-state index is -0.217. The van der Waals surface area contributed by atoms with Crippen molar-refractivity contribution in [3.63, 3.8) is 0 Å². The fourth-order valence-electron chi connectivity index (χ4n) is 3.41. The molecule has 0 bridgehead atoms. The molecule has 29 heavy (non-hydrogen) atoms. The highest BCUT2D eigenvalue weighted by atomic mass is 16.6. The number of amides is 1. The number of fused-ring (bicyclic) bond motifs is 2. The van der Waals surface area contributed by atoms with Crippen molar-refractivity contribution in [1.82, 2.24) is 14.9 Å². The van der Waals surface area contributed by atoms with Crippen molar-refractivity contribution in [3.8, 4) is 17.2 Å². The minimum absolute atomic E-state index is 0.144. The van der Waals surface area contributed by atoms with E-state index in [1.807, 2.05) is 77.4 Å². The lowest BCUT2D eigenvalue weighted by Gasteiger charge is -2.26. The van der Waals surface area contributed by atoms with Gasteiger partial charge in [0, 0.05) is 11.3 Å². The third-order valence-electron chi connectivity index (χ3n) is 4.92. The largest absolute Gasteiger partial charge is 0.486 e. The van der Waals surface area contributed by atoms with Gasteiger partial charge in [-0.3, -0.25) is 9.36 Å². The number of rotatable bonds is 4. The van der Waals surface area contributed by atoms with Crippen LogP contribution in [0.15, 0.2) is 79.1 Å². The molecule has 6 nitrogen and oxygen atoms in total. The Hall–Kier alpha value is -3.80. The molecule has 1 N–H and O–H groups in total. The molecule has 1 aliphatic heterocycles. The van der Waals surface area contributed by atoms with Crippen LogP contribution in [0.5, 0.6) is 11.5 Å². The highest BCUT2D eigenvalue weighted by Crippen LogP contribution is 2.30. The van der Waals surface area contributed by atoms with Crippen molar-refractivity contribution >= 4 is 16.9 Å². The molecule has 0 spiro atoms. The maximum absolute atomic E-state index is 12.5. The van der Waals surface area contributed by atoms with Crippen LogP contribution in [0, 0.1) is 0 Å². The second-order valence-electron chi connectivity index (χ2n) is 6.86. The van der Waals surface area contributed by atoms with Crippen LogP contribution >= 0.6 is 0 Å². The Bertz CT molecular complexity index is 1170. The van der Waals surface area contributed by atoms with Gasteiger partial charge in [0.1, 0.15) is 19.0 Å². The van der Waals surface area contributed by atoms with E-state index >= 15 is 0 Å². The molecular formula is C23H19N3O3. The van der Waals surface area contributed by atoms with Crippen LogP contribution in [-0.2, 0) is 0 Å². The number of carbonyl (C=O) groups is 1. The topological polar surface area (TPSA) is 65.4 Å². The SMILES string of the molecule is O=C(NCC1COc2ccccc2O1)c1ccc(-n2cnc3ccccc32)cc1. The average molecular weight is 385 g/mol. The van der Waals surface area contributed by atoms with Crippen molar-refractivity contribution in [1.29, 1.82) is 0 Å². The van der Waals surface area contributed by atoms with Gasteiger partial charge in [0.15, 0.2) is 11.5 Å². The Balaban J connectivity index is 1.24. The minimum Gasteiger partial charge on any atom is -0.486 e. The van der Waals surface area contributed by atoms with Gasteiger partial charge in [0.25, 0.3) is 5.91 Å². The molecule has 2 heterocycles. The van der Waals surface area contributed by atoms with E-state index in [1.54, 1.807) is 6.33 Å². The van der Waals surface area contributed by atoms with Crippen molar-refractivity contribution < 1.29 is 14.3 Å². The van der Waals surface area contributed by atoms with Crippen LogP contribution in [0.3, 0.4) is 0 Å². The fourth-order valence-corrected chi connectivity index (χ4v) is 3.41. The molecule has 3 aromatic carbocycles. The van der Waals surface area contributed by atoms with E-state index in [2.05, 4.69) is 10.3 Å². The number of aromatic nitrogens is 2. The van der Waals surface area contributed by atoms with E-state index in [0.717, 1.165) is 22.5 Å². The summed E-state index contributed by atoms with van der Waals surface area (Å²) in [7, 11) is 0. The number of ether oxygens (including phenoxy) is 2. The first-order chi connectivity index (χ1) is 14.3. The fraction of sp³-hybridized carbons (Fsp3) is 0.130. The van der Waals surface area contributed by atoms with E-state index in [-0.39, 0.29) is 12.0 Å². The second-order valence-corrected chi connectivity index (χ2v) is 6.86. The number of nitrogens with one attached hydrogen (secondary N) is 1. The summed E-state index contributed by atoms with van der Waals surface area (Å²) >= 11 is 0. The van der Waals surface area contributed by atoms with Gasteiger partial charge in [0.2, 0.25) is 0 Å². The zero-order valence-corrected chi connectivity index (χ0v) is 15.6. The molecule has 1 atom stereocenters. The maximum Gasteiger partial charge on any atom is 0.251 e. The number of carbonyl (C=O) groups excluding carboxylic acids is 1. The van der Waals surface area contributed by atoms with Gasteiger partial charge in [-0.15, -0.1) is 0 Å². The molecule has 0 radical (unpaired) electrons. The molecule has 1 amide bonds. The van der Waals surface area contributed by atoms with Gasteiger partial charge in [-0.2, -0.15) is 0 Å². The summed E-state index contributed by atoms with van der Waals surface area (Å²) in [4.78, 5) is 16.9. The molecule has 0 saturated carbocycles. The monoisotopic (exact) mass is 385 g/mol. The third-order valence-corrected chi connectivity index (χ3v) is 4.92. The number of imidazole rings is 1. The summed E-state index contributed by atoms with van der Waals surface area (Å²) in [6.07, 6.45) is 1.57. The highest BCUT2D eigenvalue weighted by molar-refractivity contribution is 5.94. The smallest absolute Gasteiger partial charge is 0.251 e. The van der Waals surface area contributed by atoms with Crippen molar-refractivity contribution in [2.45, 2.75) is 6.10 Å². The molecule has 0 saturated heterocycles. The van der Waals surface area contributed by atoms with Crippen LogP contribution in [0.4, 0.5) is 0 Å². The third kappa shape index (κ3) is 3.40. The molecule has 0 fully saturated rings. The summed E-state index contributed by atoms with van der Waals surface area (Å²) in [6.45, 7) is 0.783. The van der Waals surface area contributed by atoms with E-state index in [9.17, 15) is 4.79 Å². The van der Waals surface area contributed by atoms with Gasteiger partial charge in [0.05, 0.1) is 17.6 Å². The quantitative estimate of drug-likeness (QED) is 0.583. The van der Waals surface area contributed by atoms with E-state index < -0.39 is 0 Å². The van der Waals surface area contributed by atoms with Crippen LogP contribution in [0.2, 0.25) is 0 Å². The summed E-state index contributed by atoms with van der Waals surface area (Å²) in [6, 6.07) is 22.9. The number of benzene rings is 3. The first-order valence-corrected chi connectivity index (χ1v) is 9.47. The Morgan fingerprint density at radius 3 is 2.62 bits per heavy atom. The lowest BCUT2D eigenvalue weighted by atomic mass is 10.2.